The monoisotopic (exact) mass is 456 g/mol. The van der Waals surface area contributed by atoms with Crippen LogP contribution < -0.4 is 0 Å². The predicted octanol–water partition coefficient (Wildman–Crippen LogP) is 4.14. The van der Waals surface area contributed by atoms with Crippen molar-refractivity contribution in [3.8, 4) is 0 Å². The summed E-state index contributed by atoms with van der Waals surface area (Å²) < 4.78 is 31.6. The molecule has 0 aliphatic carbocycles. The molecular formula is C18H17IO4S. The number of rotatable bonds is 5. The van der Waals surface area contributed by atoms with Crippen molar-refractivity contribution in [2.75, 3.05) is 6.61 Å². The van der Waals surface area contributed by atoms with Gasteiger partial charge in [0, 0.05) is 10.5 Å². The lowest BCUT2D eigenvalue weighted by Gasteiger charge is -2.13. The molecule has 0 aliphatic rings. The molecule has 0 bridgehead atoms. The van der Waals surface area contributed by atoms with Crippen molar-refractivity contribution in [3.63, 3.8) is 0 Å². The van der Waals surface area contributed by atoms with Crippen LogP contribution in [0.1, 0.15) is 18.1 Å². The molecule has 2 rings (SSSR count). The van der Waals surface area contributed by atoms with E-state index in [0.29, 0.717) is 3.58 Å². The lowest BCUT2D eigenvalue weighted by molar-refractivity contribution is -0.139. The molecule has 4 nitrogen and oxygen atoms in total. The number of carbonyl (C=O) groups excluding carboxylic acids is 1. The summed E-state index contributed by atoms with van der Waals surface area (Å²) in [6, 6.07) is 15.8. The van der Waals surface area contributed by atoms with Crippen molar-refractivity contribution in [2.45, 2.75) is 18.7 Å². The summed E-state index contributed by atoms with van der Waals surface area (Å²) in [5, 5.41) is 0. The van der Waals surface area contributed by atoms with Gasteiger partial charge < -0.3 is 4.74 Å². The third-order valence-electron chi connectivity index (χ3n) is 3.33. The SMILES string of the molecule is CC(=O)OC/C(=C(\I)c1ccccc1)S(=O)(=O)c1ccc(C)cc1. The molecule has 0 amide bonds. The van der Waals surface area contributed by atoms with Crippen molar-refractivity contribution in [1.82, 2.24) is 0 Å². The molecule has 0 aromatic heterocycles. The van der Waals surface area contributed by atoms with E-state index < -0.39 is 15.8 Å². The van der Waals surface area contributed by atoms with Crippen molar-refractivity contribution >= 4 is 42.0 Å². The number of hydrogen-bond acceptors (Lipinski definition) is 4. The Labute approximate surface area is 155 Å². The largest absolute Gasteiger partial charge is 0.460 e. The van der Waals surface area contributed by atoms with Gasteiger partial charge in [-0.05, 0) is 47.2 Å². The zero-order valence-electron chi connectivity index (χ0n) is 13.3. The molecule has 6 heteroatoms. The normalized spacial score (nSPS) is 12.5. The van der Waals surface area contributed by atoms with Gasteiger partial charge in [0.05, 0.1) is 4.90 Å². The Morgan fingerprint density at radius 1 is 1.04 bits per heavy atom. The topological polar surface area (TPSA) is 60.4 Å². The summed E-state index contributed by atoms with van der Waals surface area (Å²) in [6.45, 7) is 2.85. The molecule has 0 heterocycles. The van der Waals surface area contributed by atoms with E-state index in [4.69, 9.17) is 4.74 Å². The van der Waals surface area contributed by atoms with E-state index in [1.54, 1.807) is 24.3 Å². The molecule has 0 atom stereocenters. The highest BCUT2D eigenvalue weighted by Crippen LogP contribution is 2.32. The molecule has 0 unspecified atom stereocenters. The summed E-state index contributed by atoms with van der Waals surface area (Å²) >= 11 is 1.98. The minimum Gasteiger partial charge on any atom is -0.460 e. The number of benzene rings is 2. The maximum Gasteiger partial charge on any atom is 0.302 e. The molecular weight excluding hydrogens is 439 g/mol. The van der Waals surface area contributed by atoms with E-state index >= 15 is 0 Å². The van der Waals surface area contributed by atoms with Crippen LogP contribution in [-0.4, -0.2) is 21.0 Å². The molecule has 0 aliphatic heterocycles. The Morgan fingerprint density at radius 3 is 2.17 bits per heavy atom. The Balaban J connectivity index is 2.57. The van der Waals surface area contributed by atoms with Gasteiger partial charge in [-0.15, -0.1) is 0 Å². The van der Waals surface area contributed by atoms with Crippen LogP contribution >= 0.6 is 22.6 Å². The van der Waals surface area contributed by atoms with E-state index in [1.165, 1.54) is 6.92 Å². The lowest BCUT2D eigenvalue weighted by Crippen LogP contribution is -2.14. The van der Waals surface area contributed by atoms with Crippen LogP contribution in [-0.2, 0) is 19.4 Å². The Morgan fingerprint density at radius 2 is 1.62 bits per heavy atom. The maximum atomic E-state index is 13.0. The van der Waals surface area contributed by atoms with Gasteiger partial charge >= 0.3 is 5.97 Å². The van der Waals surface area contributed by atoms with Crippen molar-refractivity contribution in [1.29, 1.82) is 0 Å². The first kappa shape index (κ1) is 18.7. The third-order valence-corrected chi connectivity index (χ3v) is 6.84. The van der Waals surface area contributed by atoms with Gasteiger partial charge in [0.2, 0.25) is 9.84 Å². The average Bonchev–Trinajstić information content (AvgIpc) is 2.55. The molecule has 0 saturated heterocycles. The Hall–Kier alpha value is -1.67. The number of aryl methyl sites for hydroxylation is 1. The van der Waals surface area contributed by atoms with E-state index in [2.05, 4.69) is 0 Å². The highest BCUT2D eigenvalue weighted by Gasteiger charge is 2.25. The lowest BCUT2D eigenvalue weighted by atomic mass is 10.2. The fraction of sp³-hybridized carbons (Fsp3) is 0.167. The fourth-order valence-electron chi connectivity index (χ4n) is 2.03. The first-order valence-corrected chi connectivity index (χ1v) is 9.78. The zero-order chi connectivity index (χ0) is 17.7. The second kappa shape index (κ2) is 7.94. The fourth-order valence-corrected chi connectivity index (χ4v) is 4.76. The van der Waals surface area contributed by atoms with E-state index in [1.807, 2.05) is 59.8 Å². The zero-order valence-corrected chi connectivity index (χ0v) is 16.3. The second-order valence-electron chi connectivity index (χ2n) is 5.20. The van der Waals surface area contributed by atoms with E-state index in [0.717, 1.165) is 11.1 Å². The molecule has 24 heavy (non-hydrogen) atoms. The molecule has 0 fully saturated rings. The number of ether oxygens (including phenoxy) is 1. The minimum absolute atomic E-state index is 0.0772. The molecule has 0 N–H and O–H groups in total. The van der Waals surface area contributed by atoms with Gasteiger partial charge in [-0.1, -0.05) is 48.0 Å². The number of halogens is 1. The first-order valence-electron chi connectivity index (χ1n) is 7.21. The van der Waals surface area contributed by atoms with Crippen LogP contribution in [0.15, 0.2) is 64.4 Å². The van der Waals surface area contributed by atoms with Gasteiger partial charge in [-0.25, -0.2) is 8.42 Å². The van der Waals surface area contributed by atoms with E-state index in [-0.39, 0.29) is 16.4 Å². The van der Waals surface area contributed by atoms with Gasteiger partial charge in [-0.3, -0.25) is 4.79 Å². The van der Waals surface area contributed by atoms with Crippen LogP contribution in [0.25, 0.3) is 3.58 Å². The average molecular weight is 456 g/mol. The van der Waals surface area contributed by atoms with E-state index in [9.17, 15) is 13.2 Å². The smallest absolute Gasteiger partial charge is 0.302 e. The van der Waals surface area contributed by atoms with Gasteiger partial charge in [0.15, 0.2) is 0 Å². The standard InChI is InChI=1S/C18H17IO4S/c1-13-8-10-16(11-9-13)24(21,22)17(12-23-14(2)20)18(19)15-6-4-3-5-7-15/h3-11H,12H2,1-2H3/b18-17+. The molecule has 0 saturated carbocycles. The van der Waals surface area contributed by atoms with Gasteiger partial charge in [0.25, 0.3) is 0 Å². The predicted molar refractivity (Wildman–Crippen MR) is 102 cm³/mol. The number of sulfone groups is 1. The van der Waals surface area contributed by atoms with Crippen LogP contribution in [0.5, 0.6) is 0 Å². The summed E-state index contributed by atoms with van der Waals surface area (Å²) in [5.74, 6) is -0.524. The Kier molecular flexibility index (Phi) is 6.17. The maximum absolute atomic E-state index is 13.0. The van der Waals surface area contributed by atoms with Gasteiger partial charge in [0.1, 0.15) is 11.5 Å². The highest BCUT2D eigenvalue weighted by molar-refractivity contribution is 14.1. The second-order valence-corrected chi connectivity index (χ2v) is 8.25. The highest BCUT2D eigenvalue weighted by atomic mass is 127. The number of carbonyl (C=O) groups is 1. The summed E-state index contributed by atoms with van der Waals surface area (Å²) in [7, 11) is -3.77. The van der Waals surface area contributed by atoms with Crippen molar-refractivity contribution < 1.29 is 17.9 Å². The third kappa shape index (κ3) is 4.45. The Bertz CT molecular complexity index is 854. The molecule has 126 valence electrons. The summed E-state index contributed by atoms with van der Waals surface area (Å²) in [6.07, 6.45) is 0. The van der Waals surface area contributed by atoms with Crippen molar-refractivity contribution in [2.24, 2.45) is 0 Å². The van der Waals surface area contributed by atoms with Gasteiger partial charge in [-0.2, -0.15) is 0 Å². The quantitative estimate of drug-likeness (QED) is 0.502. The number of esters is 1. The molecule has 0 radical (unpaired) electrons. The van der Waals surface area contributed by atoms with Crippen LogP contribution in [0.3, 0.4) is 0 Å². The summed E-state index contributed by atoms with van der Waals surface area (Å²) in [4.78, 5) is 11.4. The first-order chi connectivity index (χ1) is 11.3. The van der Waals surface area contributed by atoms with Crippen LogP contribution in [0.4, 0.5) is 0 Å². The van der Waals surface area contributed by atoms with Crippen molar-refractivity contribution in [3.05, 3.63) is 70.6 Å². The molecule has 2 aromatic rings. The molecule has 2 aromatic carbocycles. The summed E-state index contributed by atoms with van der Waals surface area (Å²) in [5.41, 5.74) is 1.73. The van der Waals surface area contributed by atoms with Crippen LogP contribution in [0, 0.1) is 6.92 Å². The minimum atomic E-state index is -3.77. The molecule has 0 spiro atoms. The van der Waals surface area contributed by atoms with Crippen LogP contribution in [0.2, 0.25) is 0 Å². The number of hydrogen-bond donors (Lipinski definition) is 0.